The second kappa shape index (κ2) is 8.05. The van der Waals surface area contributed by atoms with Gasteiger partial charge in [0.1, 0.15) is 0 Å². The molecule has 148 valence electrons. The SMILES string of the molecule is NC(=O)c1ccccc1NC(=O)c1ccccc1Nc1cccc(C(F)(F)F)c1. The monoisotopic (exact) mass is 399 g/mol. The number of primary amides is 1. The fourth-order valence-corrected chi connectivity index (χ4v) is 2.72. The van der Waals surface area contributed by atoms with E-state index in [0.717, 1.165) is 12.1 Å². The quantitative estimate of drug-likeness (QED) is 0.576. The predicted molar refractivity (Wildman–Crippen MR) is 104 cm³/mol. The van der Waals surface area contributed by atoms with Crippen LogP contribution in [0.1, 0.15) is 26.3 Å². The van der Waals surface area contributed by atoms with E-state index in [1.54, 1.807) is 30.3 Å². The van der Waals surface area contributed by atoms with E-state index < -0.39 is 23.6 Å². The van der Waals surface area contributed by atoms with Gasteiger partial charge in [0.05, 0.1) is 28.1 Å². The van der Waals surface area contributed by atoms with Crippen molar-refractivity contribution in [2.24, 2.45) is 5.73 Å². The van der Waals surface area contributed by atoms with Gasteiger partial charge in [-0.05, 0) is 42.5 Å². The number of halogens is 3. The molecule has 0 unspecified atom stereocenters. The van der Waals surface area contributed by atoms with Crippen LogP contribution in [-0.4, -0.2) is 11.8 Å². The fourth-order valence-electron chi connectivity index (χ4n) is 2.72. The molecule has 4 N–H and O–H groups in total. The smallest absolute Gasteiger partial charge is 0.366 e. The summed E-state index contributed by atoms with van der Waals surface area (Å²) in [5, 5.41) is 5.45. The highest BCUT2D eigenvalue weighted by Gasteiger charge is 2.30. The van der Waals surface area contributed by atoms with Crippen molar-refractivity contribution in [2.75, 3.05) is 10.6 Å². The van der Waals surface area contributed by atoms with Crippen LogP contribution in [-0.2, 0) is 6.18 Å². The van der Waals surface area contributed by atoms with Gasteiger partial charge in [0.25, 0.3) is 11.8 Å². The Morgan fingerprint density at radius 1 is 0.793 bits per heavy atom. The van der Waals surface area contributed by atoms with E-state index in [0.29, 0.717) is 5.69 Å². The molecule has 0 bridgehead atoms. The molecule has 0 fully saturated rings. The lowest BCUT2D eigenvalue weighted by molar-refractivity contribution is -0.137. The summed E-state index contributed by atoms with van der Waals surface area (Å²) in [6, 6.07) is 17.2. The topological polar surface area (TPSA) is 84.2 Å². The van der Waals surface area contributed by atoms with E-state index in [1.165, 1.54) is 30.3 Å². The number of hydrogen-bond donors (Lipinski definition) is 3. The number of anilines is 3. The average Bonchev–Trinajstić information content (AvgIpc) is 2.68. The summed E-state index contributed by atoms with van der Waals surface area (Å²) in [6.45, 7) is 0. The molecule has 0 saturated heterocycles. The van der Waals surface area contributed by atoms with Crippen molar-refractivity contribution in [1.29, 1.82) is 0 Å². The average molecular weight is 399 g/mol. The van der Waals surface area contributed by atoms with Gasteiger partial charge < -0.3 is 16.4 Å². The molecule has 0 aliphatic rings. The van der Waals surface area contributed by atoms with Gasteiger partial charge in [-0.3, -0.25) is 9.59 Å². The number of nitrogens with two attached hydrogens (primary N) is 1. The number of nitrogens with one attached hydrogen (secondary N) is 2. The van der Waals surface area contributed by atoms with Crippen molar-refractivity contribution in [3.05, 3.63) is 89.5 Å². The van der Waals surface area contributed by atoms with Crippen LogP contribution in [0.2, 0.25) is 0 Å². The number of amides is 2. The molecule has 0 heterocycles. The van der Waals surface area contributed by atoms with E-state index >= 15 is 0 Å². The molecule has 2 amide bonds. The Morgan fingerprint density at radius 3 is 2.07 bits per heavy atom. The summed E-state index contributed by atoms with van der Waals surface area (Å²) >= 11 is 0. The molecule has 3 aromatic carbocycles. The Hall–Kier alpha value is -3.81. The second-order valence-corrected chi connectivity index (χ2v) is 6.11. The zero-order chi connectivity index (χ0) is 21.0. The number of rotatable bonds is 5. The Bertz CT molecular complexity index is 1060. The Balaban J connectivity index is 1.88. The Morgan fingerprint density at radius 2 is 1.41 bits per heavy atom. The number of carbonyl (C=O) groups is 2. The number of hydrogen-bond acceptors (Lipinski definition) is 3. The molecule has 0 aliphatic heterocycles. The van der Waals surface area contributed by atoms with Gasteiger partial charge in [0.15, 0.2) is 0 Å². The zero-order valence-electron chi connectivity index (χ0n) is 15.0. The molecule has 0 aromatic heterocycles. The number of benzene rings is 3. The Labute approximate surface area is 164 Å². The standard InChI is InChI=1S/C21H16F3N3O2/c22-21(23,24)13-6-5-7-14(12-13)26-18-11-4-2-9-16(18)20(29)27-17-10-3-1-8-15(17)19(25)28/h1-12,26H,(H2,25,28)(H,27,29). The molecule has 0 radical (unpaired) electrons. The first-order chi connectivity index (χ1) is 13.8. The van der Waals surface area contributed by atoms with E-state index in [9.17, 15) is 22.8 Å². The summed E-state index contributed by atoms with van der Waals surface area (Å²) in [5.74, 6) is -1.25. The van der Waals surface area contributed by atoms with E-state index in [-0.39, 0.29) is 22.5 Å². The first kappa shape index (κ1) is 19.9. The van der Waals surface area contributed by atoms with Gasteiger partial charge in [-0.2, -0.15) is 13.2 Å². The lowest BCUT2D eigenvalue weighted by Crippen LogP contribution is -2.19. The van der Waals surface area contributed by atoms with Crippen LogP contribution >= 0.6 is 0 Å². The third-order valence-corrected chi connectivity index (χ3v) is 4.08. The summed E-state index contributed by atoms with van der Waals surface area (Å²) < 4.78 is 38.8. The van der Waals surface area contributed by atoms with Gasteiger partial charge in [0.2, 0.25) is 0 Å². The van der Waals surface area contributed by atoms with Gasteiger partial charge in [0, 0.05) is 5.69 Å². The molecule has 3 rings (SSSR count). The summed E-state index contributed by atoms with van der Waals surface area (Å²) in [4.78, 5) is 24.3. The molecular weight excluding hydrogens is 383 g/mol. The highest BCUT2D eigenvalue weighted by molar-refractivity contribution is 6.11. The minimum atomic E-state index is -4.48. The predicted octanol–water partition coefficient (Wildman–Crippen LogP) is 4.80. The van der Waals surface area contributed by atoms with Crippen molar-refractivity contribution in [2.45, 2.75) is 6.18 Å². The third kappa shape index (κ3) is 4.73. The second-order valence-electron chi connectivity index (χ2n) is 6.11. The van der Waals surface area contributed by atoms with Crippen LogP contribution in [0.3, 0.4) is 0 Å². The Kier molecular flexibility index (Phi) is 5.54. The maximum atomic E-state index is 12.9. The maximum absolute atomic E-state index is 12.9. The minimum absolute atomic E-state index is 0.143. The van der Waals surface area contributed by atoms with Crippen LogP contribution in [0.5, 0.6) is 0 Å². The molecule has 3 aromatic rings. The number of alkyl halides is 3. The van der Waals surface area contributed by atoms with E-state index in [2.05, 4.69) is 10.6 Å². The first-order valence-electron chi connectivity index (χ1n) is 8.49. The number of carbonyl (C=O) groups excluding carboxylic acids is 2. The largest absolute Gasteiger partial charge is 0.416 e. The molecule has 0 saturated carbocycles. The normalized spacial score (nSPS) is 11.0. The first-order valence-corrected chi connectivity index (χ1v) is 8.49. The lowest BCUT2D eigenvalue weighted by Gasteiger charge is -2.14. The zero-order valence-corrected chi connectivity index (χ0v) is 15.0. The molecule has 0 atom stereocenters. The van der Waals surface area contributed by atoms with Crippen LogP contribution < -0.4 is 16.4 Å². The molecule has 0 spiro atoms. The lowest BCUT2D eigenvalue weighted by atomic mass is 10.1. The number of para-hydroxylation sites is 2. The van der Waals surface area contributed by atoms with Crippen LogP contribution in [0.25, 0.3) is 0 Å². The summed E-state index contributed by atoms with van der Waals surface area (Å²) in [6.07, 6.45) is -4.48. The molecule has 5 nitrogen and oxygen atoms in total. The van der Waals surface area contributed by atoms with Gasteiger partial charge in [-0.1, -0.05) is 30.3 Å². The van der Waals surface area contributed by atoms with Gasteiger partial charge in [-0.25, -0.2) is 0 Å². The molecule has 29 heavy (non-hydrogen) atoms. The van der Waals surface area contributed by atoms with Crippen LogP contribution in [0.15, 0.2) is 72.8 Å². The van der Waals surface area contributed by atoms with Crippen molar-refractivity contribution in [1.82, 2.24) is 0 Å². The van der Waals surface area contributed by atoms with Crippen molar-refractivity contribution in [3.63, 3.8) is 0 Å². The summed E-state index contributed by atoms with van der Waals surface area (Å²) in [7, 11) is 0. The minimum Gasteiger partial charge on any atom is -0.366 e. The highest BCUT2D eigenvalue weighted by Crippen LogP contribution is 2.32. The van der Waals surface area contributed by atoms with E-state index in [1.807, 2.05) is 0 Å². The molecular formula is C21H16F3N3O2. The fraction of sp³-hybridized carbons (Fsp3) is 0.0476. The molecule has 0 aliphatic carbocycles. The molecule has 8 heteroatoms. The van der Waals surface area contributed by atoms with Crippen LogP contribution in [0, 0.1) is 0 Å². The van der Waals surface area contributed by atoms with Crippen molar-refractivity contribution >= 4 is 28.9 Å². The van der Waals surface area contributed by atoms with Gasteiger partial charge >= 0.3 is 6.18 Å². The third-order valence-electron chi connectivity index (χ3n) is 4.08. The highest BCUT2D eigenvalue weighted by atomic mass is 19.4. The van der Waals surface area contributed by atoms with Gasteiger partial charge in [-0.15, -0.1) is 0 Å². The van der Waals surface area contributed by atoms with Crippen molar-refractivity contribution in [3.8, 4) is 0 Å². The summed E-state index contributed by atoms with van der Waals surface area (Å²) in [5.41, 5.74) is 5.56. The maximum Gasteiger partial charge on any atom is 0.416 e. The van der Waals surface area contributed by atoms with E-state index in [4.69, 9.17) is 5.73 Å². The van der Waals surface area contributed by atoms with Crippen LogP contribution in [0.4, 0.5) is 30.2 Å². The van der Waals surface area contributed by atoms with Crippen molar-refractivity contribution < 1.29 is 22.8 Å².